The van der Waals surface area contributed by atoms with E-state index in [1.807, 2.05) is 0 Å². The Morgan fingerprint density at radius 2 is 1.81 bits per heavy atom. The highest BCUT2D eigenvalue weighted by Gasteiger charge is 2.33. The molecule has 116 valence electrons. The fraction of sp³-hybridized carbons (Fsp3) is 0.533. The van der Waals surface area contributed by atoms with Crippen LogP contribution in [0.15, 0.2) is 12.1 Å². The van der Waals surface area contributed by atoms with Crippen LogP contribution in [0.3, 0.4) is 0 Å². The molecule has 1 aromatic rings. The summed E-state index contributed by atoms with van der Waals surface area (Å²) >= 11 is 11.9. The lowest BCUT2D eigenvalue weighted by atomic mass is 9.71. The van der Waals surface area contributed by atoms with Gasteiger partial charge >= 0.3 is 0 Å². The fourth-order valence-electron chi connectivity index (χ4n) is 2.94. The molecule has 0 aromatic heterocycles. The van der Waals surface area contributed by atoms with Crippen LogP contribution < -0.4 is 11.1 Å². The van der Waals surface area contributed by atoms with Gasteiger partial charge in [-0.15, -0.1) is 0 Å². The minimum atomic E-state index is -0.534. The van der Waals surface area contributed by atoms with Crippen molar-refractivity contribution in [3.8, 4) is 0 Å². The molecule has 21 heavy (non-hydrogen) atoms. The van der Waals surface area contributed by atoms with Crippen LogP contribution in [-0.2, 0) is 4.79 Å². The van der Waals surface area contributed by atoms with Gasteiger partial charge in [-0.25, -0.2) is 4.39 Å². The predicted octanol–water partition coefficient (Wildman–Crippen LogP) is 4.37. The first kappa shape index (κ1) is 16.5. The summed E-state index contributed by atoms with van der Waals surface area (Å²) in [5, 5.41) is 2.88. The molecule has 0 aliphatic heterocycles. The van der Waals surface area contributed by atoms with E-state index in [4.69, 9.17) is 28.9 Å². The Hall–Kier alpha value is -0.840. The number of halogens is 3. The number of amides is 1. The highest BCUT2D eigenvalue weighted by Crippen LogP contribution is 2.39. The number of rotatable bonds is 4. The quantitative estimate of drug-likeness (QED) is 0.860. The number of carbonyl (C=O) groups is 1. The van der Waals surface area contributed by atoms with E-state index in [1.165, 1.54) is 6.42 Å². The molecule has 0 spiro atoms. The Balaban J connectivity index is 2.08. The van der Waals surface area contributed by atoms with Crippen molar-refractivity contribution >= 4 is 34.8 Å². The second-order valence-corrected chi connectivity index (χ2v) is 6.55. The molecule has 1 aromatic carbocycles. The van der Waals surface area contributed by atoms with Crippen molar-refractivity contribution in [2.75, 3.05) is 11.9 Å². The molecule has 0 heterocycles. The van der Waals surface area contributed by atoms with Gasteiger partial charge in [0.15, 0.2) is 0 Å². The van der Waals surface area contributed by atoms with Gasteiger partial charge in [-0.2, -0.15) is 0 Å². The molecule has 1 amide bonds. The average molecular weight is 333 g/mol. The maximum atomic E-state index is 13.1. The van der Waals surface area contributed by atoms with Crippen molar-refractivity contribution in [1.29, 1.82) is 0 Å². The van der Waals surface area contributed by atoms with Gasteiger partial charge in [0.2, 0.25) is 5.91 Å². The molecule has 0 saturated heterocycles. The lowest BCUT2D eigenvalue weighted by molar-refractivity contribution is -0.118. The molecule has 6 heteroatoms. The monoisotopic (exact) mass is 332 g/mol. The third-order valence-electron chi connectivity index (χ3n) is 4.15. The van der Waals surface area contributed by atoms with E-state index in [2.05, 4.69) is 5.32 Å². The standard InChI is InChI=1S/C15H19Cl2FN2O/c16-11-6-10(18)7-12(17)14(11)20-13(21)8-15(9-19)4-2-1-3-5-15/h6-7H,1-5,8-9,19H2,(H,20,21). The summed E-state index contributed by atoms with van der Waals surface area (Å²) < 4.78 is 13.1. The Labute approximate surface area is 134 Å². The number of hydrogen-bond acceptors (Lipinski definition) is 2. The highest BCUT2D eigenvalue weighted by atomic mass is 35.5. The minimum Gasteiger partial charge on any atom is -0.330 e. The Bertz CT molecular complexity index is 507. The van der Waals surface area contributed by atoms with Crippen molar-refractivity contribution in [2.45, 2.75) is 38.5 Å². The molecular formula is C15H19Cl2FN2O. The predicted molar refractivity (Wildman–Crippen MR) is 84.2 cm³/mol. The van der Waals surface area contributed by atoms with Gasteiger partial charge in [0, 0.05) is 6.42 Å². The molecule has 3 N–H and O–H groups in total. The number of anilines is 1. The maximum absolute atomic E-state index is 13.1. The zero-order valence-corrected chi connectivity index (χ0v) is 13.2. The zero-order chi connectivity index (χ0) is 15.5. The van der Waals surface area contributed by atoms with Crippen molar-refractivity contribution in [2.24, 2.45) is 11.1 Å². The number of carbonyl (C=O) groups excluding carboxylic acids is 1. The lowest BCUT2D eigenvalue weighted by Gasteiger charge is -2.35. The maximum Gasteiger partial charge on any atom is 0.225 e. The molecule has 2 rings (SSSR count). The first-order valence-electron chi connectivity index (χ1n) is 7.10. The van der Waals surface area contributed by atoms with Gasteiger partial charge in [-0.3, -0.25) is 4.79 Å². The molecular weight excluding hydrogens is 314 g/mol. The van der Waals surface area contributed by atoms with E-state index in [9.17, 15) is 9.18 Å². The summed E-state index contributed by atoms with van der Waals surface area (Å²) in [5.74, 6) is -0.716. The molecule has 0 radical (unpaired) electrons. The summed E-state index contributed by atoms with van der Waals surface area (Å²) in [4.78, 5) is 12.3. The van der Waals surface area contributed by atoms with E-state index in [1.54, 1.807) is 0 Å². The third kappa shape index (κ3) is 4.09. The summed E-state index contributed by atoms with van der Waals surface area (Å²) in [6, 6.07) is 2.25. The Morgan fingerprint density at radius 3 is 2.33 bits per heavy atom. The van der Waals surface area contributed by atoms with E-state index in [-0.39, 0.29) is 27.1 Å². The van der Waals surface area contributed by atoms with Crippen LogP contribution in [-0.4, -0.2) is 12.5 Å². The molecule has 1 aliphatic carbocycles. The van der Waals surface area contributed by atoms with Gasteiger partial charge < -0.3 is 11.1 Å². The first-order valence-corrected chi connectivity index (χ1v) is 7.86. The third-order valence-corrected chi connectivity index (χ3v) is 4.75. The van der Waals surface area contributed by atoms with Crippen LogP contribution in [0.2, 0.25) is 10.0 Å². The van der Waals surface area contributed by atoms with Gasteiger partial charge in [0.25, 0.3) is 0 Å². The summed E-state index contributed by atoms with van der Waals surface area (Å²) in [7, 11) is 0. The van der Waals surface area contributed by atoms with Crippen molar-refractivity contribution in [1.82, 2.24) is 0 Å². The first-order chi connectivity index (χ1) is 9.96. The average Bonchev–Trinajstić information content (AvgIpc) is 2.44. The fourth-order valence-corrected chi connectivity index (χ4v) is 3.50. The van der Waals surface area contributed by atoms with Gasteiger partial charge in [0.1, 0.15) is 5.82 Å². The van der Waals surface area contributed by atoms with Crippen LogP contribution >= 0.6 is 23.2 Å². The molecule has 1 saturated carbocycles. The number of benzene rings is 1. The second kappa shape index (κ2) is 6.95. The zero-order valence-electron chi connectivity index (χ0n) is 11.7. The number of nitrogens with two attached hydrogens (primary N) is 1. The van der Waals surface area contributed by atoms with E-state index in [0.717, 1.165) is 37.8 Å². The summed E-state index contributed by atoms with van der Waals surface area (Å²) in [6.07, 6.45) is 5.65. The van der Waals surface area contributed by atoms with Gasteiger partial charge in [-0.1, -0.05) is 42.5 Å². The number of nitrogens with one attached hydrogen (secondary N) is 1. The van der Waals surface area contributed by atoms with Crippen molar-refractivity contribution in [3.05, 3.63) is 28.0 Å². The van der Waals surface area contributed by atoms with Gasteiger partial charge in [-0.05, 0) is 36.9 Å². The molecule has 0 unspecified atom stereocenters. The SMILES string of the molecule is NCC1(CC(=O)Nc2c(Cl)cc(F)cc2Cl)CCCCC1. The molecule has 1 fully saturated rings. The largest absolute Gasteiger partial charge is 0.330 e. The smallest absolute Gasteiger partial charge is 0.225 e. The van der Waals surface area contributed by atoms with Crippen LogP contribution in [0.25, 0.3) is 0 Å². The summed E-state index contributed by atoms with van der Waals surface area (Å²) in [6.45, 7) is 0.491. The van der Waals surface area contributed by atoms with Crippen molar-refractivity contribution in [3.63, 3.8) is 0 Å². The minimum absolute atomic E-state index is 0.0961. The molecule has 0 atom stereocenters. The van der Waals surface area contributed by atoms with Crippen LogP contribution in [0.4, 0.5) is 10.1 Å². The topological polar surface area (TPSA) is 55.1 Å². The highest BCUT2D eigenvalue weighted by molar-refractivity contribution is 6.39. The van der Waals surface area contributed by atoms with E-state index < -0.39 is 5.82 Å². The van der Waals surface area contributed by atoms with Crippen LogP contribution in [0.1, 0.15) is 38.5 Å². The van der Waals surface area contributed by atoms with E-state index in [0.29, 0.717) is 13.0 Å². The van der Waals surface area contributed by atoms with Gasteiger partial charge in [0.05, 0.1) is 15.7 Å². The van der Waals surface area contributed by atoms with Crippen LogP contribution in [0, 0.1) is 11.2 Å². The molecule has 0 bridgehead atoms. The molecule has 1 aliphatic rings. The molecule has 3 nitrogen and oxygen atoms in total. The lowest BCUT2D eigenvalue weighted by Crippen LogP contribution is -2.36. The Kier molecular flexibility index (Phi) is 5.47. The normalized spacial score (nSPS) is 17.5. The number of hydrogen-bond donors (Lipinski definition) is 2. The van der Waals surface area contributed by atoms with E-state index >= 15 is 0 Å². The Morgan fingerprint density at radius 1 is 1.24 bits per heavy atom. The second-order valence-electron chi connectivity index (χ2n) is 5.73. The summed E-state index contributed by atoms with van der Waals surface area (Å²) in [5.41, 5.74) is 6.00. The van der Waals surface area contributed by atoms with Crippen LogP contribution in [0.5, 0.6) is 0 Å². The van der Waals surface area contributed by atoms with Crippen molar-refractivity contribution < 1.29 is 9.18 Å².